The molecule has 178 valence electrons. The van der Waals surface area contributed by atoms with Crippen LogP contribution in [0.2, 0.25) is 10.0 Å². The second-order valence-corrected chi connectivity index (χ2v) is 8.58. The number of carbonyl (C=O) groups excluding carboxylic acids is 1. The Kier molecular flexibility index (Phi) is 7.41. The maximum Gasteiger partial charge on any atom is 0.330 e. The van der Waals surface area contributed by atoms with Crippen LogP contribution >= 0.6 is 23.2 Å². The number of hydrogen-bond donors (Lipinski definition) is 1. The molecule has 0 spiro atoms. The maximum absolute atomic E-state index is 13.1. The van der Waals surface area contributed by atoms with E-state index in [4.69, 9.17) is 27.9 Å². The molecule has 0 saturated carbocycles. The predicted molar refractivity (Wildman–Crippen MR) is 137 cm³/mol. The van der Waals surface area contributed by atoms with Crippen LogP contribution < -0.4 is 19.9 Å². The van der Waals surface area contributed by atoms with Crippen molar-refractivity contribution in [2.24, 2.45) is 0 Å². The third-order valence-corrected chi connectivity index (χ3v) is 6.24. The molecule has 8 nitrogen and oxygen atoms in total. The van der Waals surface area contributed by atoms with E-state index in [0.717, 1.165) is 30.1 Å². The van der Waals surface area contributed by atoms with Gasteiger partial charge < -0.3 is 10.1 Å². The number of para-hydroxylation sites is 1. The standard InChI is InChI=1S/C24H26Cl2N6O2/c1-4-31(5-2)15-34-18-11-9-17(10-12-18)28-23-27-13-16-14-32(24(33)30(3)22(16)29-23)21-19(25)7-6-8-20(21)26/h6-13H,4-5,14-15H2,1-3H3,(H,27,28,29). The zero-order chi connectivity index (χ0) is 24.2. The topological polar surface area (TPSA) is 73.8 Å². The number of anilines is 4. The first-order chi connectivity index (χ1) is 16.4. The van der Waals surface area contributed by atoms with Gasteiger partial charge in [0.1, 0.15) is 18.3 Å². The van der Waals surface area contributed by atoms with E-state index in [1.54, 1.807) is 31.4 Å². The summed E-state index contributed by atoms with van der Waals surface area (Å²) in [7, 11) is 1.66. The van der Waals surface area contributed by atoms with Crippen molar-refractivity contribution in [1.82, 2.24) is 14.9 Å². The highest BCUT2D eigenvalue weighted by Gasteiger charge is 2.32. The first kappa shape index (κ1) is 24.1. The number of nitrogens with zero attached hydrogens (tertiary/aromatic N) is 5. The molecule has 2 aromatic carbocycles. The number of halogens is 2. The van der Waals surface area contributed by atoms with E-state index in [0.29, 0.717) is 34.2 Å². The zero-order valence-electron chi connectivity index (χ0n) is 19.3. The summed E-state index contributed by atoms with van der Waals surface area (Å²) in [6.45, 7) is 6.89. The first-order valence-corrected chi connectivity index (χ1v) is 11.7. The van der Waals surface area contributed by atoms with Crippen LogP contribution in [0.25, 0.3) is 0 Å². The molecule has 1 N–H and O–H groups in total. The third-order valence-electron chi connectivity index (χ3n) is 5.63. The number of benzene rings is 2. The summed E-state index contributed by atoms with van der Waals surface area (Å²) in [5.41, 5.74) is 2.06. The minimum atomic E-state index is -0.276. The Morgan fingerprint density at radius 3 is 2.41 bits per heavy atom. The quantitative estimate of drug-likeness (QED) is 0.395. The van der Waals surface area contributed by atoms with Gasteiger partial charge in [-0.2, -0.15) is 4.98 Å². The lowest BCUT2D eigenvalue weighted by molar-refractivity contribution is 0.137. The monoisotopic (exact) mass is 500 g/mol. The smallest absolute Gasteiger partial charge is 0.330 e. The number of ether oxygens (including phenoxy) is 1. The lowest BCUT2D eigenvalue weighted by atomic mass is 10.2. The first-order valence-electron chi connectivity index (χ1n) is 11.0. The molecule has 0 aliphatic carbocycles. The van der Waals surface area contributed by atoms with Gasteiger partial charge in [-0.3, -0.25) is 14.7 Å². The molecule has 0 fully saturated rings. The Morgan fingerprint density at radius 1 is 1.09 bits per heavy atom. The number of aromatic nitrogens is 2. The number of rotatable bonds is 8. The van der Waals surface area contributed by atoms with Gasteiger partial charge in [0.25, 0.3) is 0 Å². The fourth-order valence-corrected chi connectivity index (χ4v) is 4.23. The second-order valence-electron chi connectivity index (χ2n) is 7.77. The maximum atomic E-state index is 13.1. The number of fused-ring (bicyclic) bond motifs is 1. The molecular weight excluding hydrogens is 475 g/mol. The van der Waals surface area contributed by atoms with Gasteiger partial charge in [-0.05, 0) is 49.5 Å². The molecule has 0 atom stereocenters. The molecule has 1 aliphatic rings. The fraction of sp³-hybridized carbons (Fsp3) is 0.292. The Balaban J connectivity index is 1.49. The van der Waals surface area contributed by atoms with E-state index in [1.807, 2.05) is 24.3 Å². The molecule has 2 heterocycles. The summed E-state index contributed by atoms with van der Waals surface area (Å²) in [5.74, 6) is 1.70. The average Bonchev–Trinajstić information content (AvgIpc) is 2.84. The minimum Gasteiger partial charge on any atom is -0.478 e. The van der Waals surface area contributed by atoms with E-state index in [9.17, 15) is 4.79 Å². The van der Waals surface area contributed by atoms with Gasteiger partial charge in [-0.15, -0.1) is 0 Å². The van der Waals surface area contributed by atoms with Crippen LogP contribution in [0.4, 0.5) is 27.9 Å². The SMILES string of the molecule is CCN(CC)COc1ccc(Nc2ncc3c(n2)N(C)C(=O)N(c2c(Cl)cccc2Cl)C3)cc1. The minimum absolute atomic E-state index is 0.265. The van der Waals surface area contributed by atoms with Crippen molar-refractivity contribution in [3.05, 3.63) is 64.3 Å². The molecule has 34 heavy (non-hydrogen) atoms. The number of urea groups is 1. The van der Waals surface area contributed by atoms with Crippen molar-refractivity contribution in [3.8, 4) is 5.75 Å². The normalized spacial score (nSPS) is 13.3. The van der Waals surface area contributed by atoms with Gasteiger partial charge in [0, 0.05) is 24.5 Å². The molecule has 0 saturated heterocycles. The molecular formula is C24H26Cl2N6O2. The van der Waals surface area contributed by atoms with Crippen molar-refractivity contribution < 1.29 is 9.53 Å². The van der Waals surface area contributed by atoms with Crippen molar-refractivity contribution in [1.29, 1.82) is 0 Å². The molecule has 2 amide bonds. The Hall–Kier alpha value is -3.07. The number of amides is 2. The number of carbonyl (C=O) groups is 1. The van der Waals surface area contributed by atoms with E-state index < -0.39 is 0 Å². The highest BCUT2D eigenvalue weighted by Crippen LogP contribution is 2.38. The summed E-state index contributed by atoms with van der Waals surface area (Å²) < 4.78 is 5.82. The van der Waals surface area contributed by atoms with Gasteiger partial charge in [0.05, 0.1) is 22.3 Å². The van der Waals surface area contributed by atoms with Crippen LogP contribution in [-0.2, 0) is 6.54 Å². The largest absolute Gasteiger partial charge is 0.478 e. The Bertz CT molecular complexity index is 1150. The van der Waals surface area contributed by atoms with Gasteiger partial charge in [-0.1, -0.05) is 43.1 Å². The molecule has 10 heteroatoms. The van der Waals surface area contributed by atoms with Crippen LogP contribution in [0.1, 0.15) is 19.4 Å². The van der Waals surface area contributed by atoms with Gasteiger partial charge >= 0.3 is 6.03 Å². The van der Waals surface area contributed by atoms with E-state index in [1.165, 1.54) is 9.80 Å². The van der Waals surface area contributed by atoms with Crippen LogP contribution in [-0.4, -0.2) is 47.8 Å². The van der Waals surface area contributed by atoms with Crippen LogP contribution in [0.15, 0.2) is 48.7 Å². The molecule has 1 aromatic heterocycles. The second kappa shape index (κ2) is 10.5. The summed E-state index contributed by atoms with van der Waals surface area (Å²) in [4.78, 5) is 27.3. The highest BCUT2D eigenvalue weighted by atomic mass is 35.5. The summed E-state index contributed by atoms with van der Waals surface area (Å²) in [6, 6.07) is 12.5. The average molecular weight is 501 g/mol. The van der Waals surface area contributed by atoms with Crippen molar-refractivity contribution in [3.63, 3.8) is 0 Å². The predicted octanol–water partition coefficient (Wildman–Crippen LogP) is 5.78. The van der Waals surface area contributed by atoms with E-state index in [2.05, 4.69) is 34.0 Å². The zero-order valence-corrected chi connectivity index (χ0v) is 20.8. The molecule has 3 aromatic rings. The van der Waals surface area contributed by atoms with Crippen molar-refractivity contribution in [2.75, 3.05) is 42.0 Å². The Morgan fingerprint density at radius 2 is 1.76 bits per heavy atom. The van der Waals surface area contributed by atoms with Crippen molar-refractivity contribution in [2.45, 2.75) is 20.4 Å². The molecule has 1 aliphatic heterocycles. The molecule has 0 radical (unpaired) electrons. The van der Waals surface area contributed by atoms with Gasteiger partial charge in [0.2, 0.25) is 5.95 Å². The summed E-state index contributed by atoms with van der Waals surface area (Å²) >= 11 is 12.7. The van der Waals surface area contributed by atoms with Gasteiger partial charge in [-0.25, -0.2) is 9.78 Å². The Labute approximate surface area is 209 Å². The van der Waals surface area contributed by atoms with Crippen LogP contribution in [0.5, 0.6) is 5.75 Å². The van der Waals surface area contributed by atoms with E-state index >= 15 is 0 Å². The summed E-state index contributed by atoms with van der Waals surface area (Å²) in [5, 5.41) is 3.99. The van der Waals surface area contributed by atoms with Crippen LogP contribution in [0, 0.1) is 0 Å². The molecule has 4 rings (SSSR count). The summed E-state index contributed by atoms with van der Waals surface area (Å²) in [6.07, 6.45) is 1.70. The lowest BCUT2D eigenvalue weighted by Gasteiger charge is -2.34. The molecule has 0 unspecified atom stereocenters. The van der Waals surface area contributed by atoms with E-state index in [-0.39, 0.29) is 12.6 Å². The number of nitrogens with one attached hydrogen (secondary N) is 1. The van der Waals surface area contributed by atoms with Crippen LogP contribution in [0.3, 0.4) is 0 Å². The highest BCUT2D eigenvalue weighted by molar-refractivity contribution is 6.40. The number of hydrogen-bond acceptors (Lipinski definition) is 6. The van der Waals surface area contributed by atoms with Crippen molar-refractivity contribution >= 4 is 52.4 Å². The lowest BCUT2D eigenvalue weighted by Crippen LogP contribution is -2.46. The van der Waals surface area contributed by atoms with Gasteiger partial charge in [0.15, 0.2) is 0 Å². The molecule has 0 bridgehead atoms. The fourth-order valence-electron chi connectivity index (χ4n) is 3.63. The third kappa shape index (κ3) is 5.04.